The van der Waals surface area contributed by atoms with Crippen molar-refractivity contribution in [2.75, 3.05) is 0 Å². The van der Waals surface area contributed by atoms with Gasteiger partial charge in [0, 0.05) is 0 Å². The molecule has 0 heterocycles. The van der Waals surface area contributed by atoms with Gasteiger partial charge in [0.2, 0.25) is 0 Å². The summed E-state index contributed by atoms with van der Waals surface area (Å²) in [4.78, 5) is 0. The van der Waals surface area contributed by atoms with Crippen molar-refractivity contribution in [2.24, 2.45) is 11.3 Å². The molecule has 3 aromatic carbocycles. The molecule has 1 unspecified atom stereocenters. The third-order valence-electron chi connectivity index (χ3n) is 8.63. The van der Waals surface area contributed by atoms with Crippen molar-refractivity contribution in [2.45, 2.75) is 52.6 Å². The Hall–Kier alpha value is -1.53. The first-order chi connectivity index (χ1) is 15.9. The molecule has 0 saturated carbocycles. The molecule has 0 aromatic heterocycles. The molecule has 2 aliphatic rings. The van der Waals surface area contributed by atoms with Gasteiger partial charge in [-0.1, -0.05) is 0 Å². The maximum absolute atomic E-state index is 5.43. The predicted molar refractivity (Wildman–Crippen MR) is 162 cm³/mol. The molecule has 0 amide bonds. The molecule has 0 radical (unpaired) electrons. The zero-order valence-electron chi connectivity index (χ0n) is 22.7. The van der Waals surface area contributed by atoms with Crippen LogP contribution in [-0.4, -0.2) is 4.21 Å². The van der Waals surface area contributed by atoms with E-state index < -0.39 is 18.3 Å². The first-order valence-corrected chi connectivity index (χ1v) is 20.6. The second-order valence-electron chi connectivity index (χ2n) is 12.2. The Morgan fingerprint density at radius 2 is 1.44 bits per heavy atom. The number of hydrogen-bond donors (Lipinski definition) is 0. The van der Waals surface area contributed by atoms with Gasteiger partial charge in [-0.2, -0.15) is 0 Å². The molecule has 1 atom stereocenters. The minimum absolute atomic E-state index is 0. The van der Waals surface area contributed by atoms with Crippen molar-refractivity contribution in [3.05, 3.63) is 104 Å². The van der Waals surface area contributed by atoms with Gasteiger partial charge in [-0.25, -0.2) is 0 Å². The number of hydrogen-bond acceptors (Lipinski definition) is 0. The molecule has 3 heteroatoms. The van der Waals surface area contributed by atoms with Crippen LogP contribution in [0.4, 0.5) is 0 Å². The molecule has 36 heavy (non-hydrogen) atoms. The van der Waals surface area contributed by atoms with Crippen LogP contribution in [0.25, 0.3) is 11.1 Å². The van der Waals surface area contributed by atoms with Gasteiger partial charge in [-0.05, 0) is 0 Å². The number of rotatable bonds is 3. The first-order valence-electron chi connectivity index (χ1n) is 12.7. The Kier molecular flexibility index (Phi) is 7.78. The normalized spacial score (nSPS) is 17.1. The fourth-order valence-electron chi connectivity index (χ4n) is 7.13. The van der Waals surface area contributed by atoms with Gasteiger partial charge in [0.25, 0.3) is 0 Å². The summed E-state index contributed by atoms with van der Waals surface area (Å²) >= 11 is -4.21. The third kappa shape index (κ3) is 4.20. The third-order valence-corrected chi connectivity index (χ3v) is 23.7. The summed E-state index contributed by atoms with van der Waals surface area (Å²) in [5.74, 6) is 0.406. The molecule has 5 rings (SSSR count). The van der Waals surface area contributed by atoms with E-state index in [1.807, 2.05) is 0 Å². The van der Waals surface area contributed by atoms with Crippen LogP contribution < -0.4 is 6.54 Å². The number of benzene rings is 3. The van der Waals surface area contributed by atoms with Crippen molar-refractivity contribution < 1.29 is 18.3 Å². The molecular weight excluding hydrogens is 558 g/mol. The number of halogens is 2. The summed E-state index contributed by atoms with van der Waals surface area (Å²) < 4.78 is 12.7. The van der Waals surface area contributed by atoms with Crippen LogP contribution in [0.15, 0.2) is 87.2 Å². The van der Waals surface area contributed by atoms with Crippen molar-refractivity contribution in [1.29, 1.82) is 0 Å². The maximum atomic E-state index is 5.43. The van der Waals surface area contributed by atoms with Crippen LogP contribution in [0.2, 0.25) is 4.63 Å². The summed E-state index contributed by atoms with van der Waals surface area (Å²) in [5, 5.41) is 0. The zero-order chi connectivity index (χ0) is 24.5. The second kappa shape index (κ2) is 9.65. The fraction of sp³-hybridized carbons (Fsp3) is 0.303. The van der Waals surface area contributed by atoms with E-state index in [4.69, 9.17) is 4.21 Å². The zero-order valence-corrected chi connectivity index (χ0v) is 26.8. The summed E-state index contributed by atoms with van der Waals surface area (Å²) in [5.41, 5.74) is 10.2. The van der Waals surface area contributed by atoms with E-state index in [0.29, 0.717) is 5.92 Å². The Balaban J connectivity index is 0.00000180. The van der Waals surface area contributed by atoms with E-state index in [1.54, 1.807) is 6.55 Å². The van der Waals surface area contributed by atoms with Gasteiger partial charge in [0.15, 0.2) is 0 Å². The fourth-order valence-corrected chi connectivity index (χ4v) is 22.0. The molecule has 0 bridgehead atoms. The van der Waals surface area contributed by atoms with Crippen molar-refractivity contribution >= 4 is 35.6 Å². The molecule has 0 nitrogen and oxygen atoms in total. The number of fused-ring (bicyclic) bond motifs is 3. The van der Waals surface area contributed by atoms with Crippen LogP contribution >= 0.6 is 24.8 Å². The molecule has 0 N–H and O–H groups in total. The van der Waals surface area contributed by atoms with E-state index in [-0.39, 0.29) is 30.2 Å². The first kappa shape index (κ1) is 29.0. The van der Waals surface area contributed by atoms with E-state index in [1.165, 1.54) is 42.2 Å². The molecule has 0 spiro atoms. The Labute approximate surface area is 231 Å². The van der Waals surface area contributed by atoms with Gasteiger partial charge >= 0.3 is 208 Å². The Morgan fingerprint density at radius 1 is 0.833 bits per heavy atom. The monoisotopic (exact) mass is 596 g/mol. The van der Waals surface area contributed by atoms with Crippen LogP contribution in [0.5, 0.6) is 0 Å². The summed E-state index contributed by atoms with van der Waals surface area (Å²) in [6.07, 6.45) is 3.56. The molecule has 0 saturated heterocycles. The Bertz CT molecular complexity index is 1450. The van der Waals surface area contributed by atoms with E-state index >= 15 is 0 Å². The van der Waals surface area contributed by atoms with E-state index in [0.717, 1.165) is 6.42 Å². The molecule has 3 aromatic rings. The molecule has 2 aliphatic carbocycles. The molecular formula is C33H40Cl2Zr. The summed E-state index contributed by atoms with van der Waals surface area (Å²) in [7, 11) is 0. The average molecular weight is 599 g/mol. The van der Waals surface area contributed by atoms with Crippen LogP contribution in [0.1, 0.15) is 51.3 Å². The van der Waals surface area contributed by atoms with Gasteiger partial charge in [-0.3, -0.25) is 0 Å². The van der Waals surface area contributed by atoms with Gasteiger partial charge in [0.05, 0.1) is 0 Å². The van der Waals surface area contributed by atoms with Crippen LogP contribution in [0.3, 0.4) is 0 Å². The molecule has 0 fully saturated rings. The number of allylic oxidation sites excluding steroid dienone is 4. The van der Waals surface area contributed by atoms with Crippen molar-refractivity contribution in [3.8, 4) is 11.1 Å². The SMILES string of the molecule is Cl.Cl.[CH2]=[Zr]([CH3])([C]1=C(C)C(C(C)(C)C)=CC1C)([c]1ccc(C)cc1)[c]1cccc2c1Cc1ccccc1-2. The van der Waals surface area contributed by atoms with Crippen LogP contribution in [0, 0.1) is 18.3 Å². The summed E-state index contributed by atoms with van der Waals surface area (Å²) in [6.45, 7) is 14.0. The average Bonchev–Trinajstić information content (AvgIpc) is 3.31. The van der Waals surface area contributed by atoms with Crippen molar-refractivity contribution in [1.82, 2.24) is 0 Å². The Morgan fingerprint density at radius 3 is 2.06 bits per heavy atom. The van der Waals surface area contributed by atoms with E-state index in [2.05, 4.69) is 119 Å². The molecule has 0 aliphatic heterocycles. The summed E-state index contributed by atoms with van der Waals surface area (Å²) in [6, 6.07) is 25.4. The standard InChI is InChI=1S/C13H9.C11H17.C7H7.CH3.CH2.2ClH.Zr/c1-3-7-12-10(5-1)9-11-6-2-4-8-13(11)12;1-8-6-9(2)10(7-8)11(3,4)5;1-7-5-3-2-4-6-7;;;;;/h1-5,7-8H,9H2;7-8H,1-5H3;3-6H,1H3;1H3;1H2;2*1H;. The van der Waals surface area contributed by atoms with Gasteiger partial charge < -0.3 is 0 Å². The van der Waals surface area contributed by atoms with E-state index in [9.17, 15) is 0 Å². The van der Waals surface area contributed by atoms with Crippen LogP contribution in [-0.2, 0) is 24.7 Å². The van der Waals surface area contributed by atoms with Gasteiger partial charge in [0.1, 0.15) is 0 Å². The molecule has 190 valence electrons. The van der Waals surface area contributed by atoms with Crippen molar-refractivity contribution in [3.63, 3.8) is 0 Å². The predicted octanol–water partition coefficient (Wildman–Crippen LogP) is 8.43. The van der Waals surface area contributed by atoms with Gasteiger partial charge in [-0.15, -0.1) is 24.8 Å². The quantitative estimate of drug-likeness (QED) is 0.222. The minimum atomic E-state index is -4.21. The topological polar surface area (TPSA) is 0 Å². The second-order valence-corrected chi connectivity index (χ2v) is 26.1. The number of aryl methyl sites for hydroxylation is 1.